The summed E-state index contributed by atoms with van der Waals surface area (Å²) in [5, 5.41) is 17.9. The number of hydrogen-bond acceptors (Lipinski definition) is 4. The molecule has 1 aromatic rings. The molecule has 1 unspecified atom stereocenters. The summed E-state index contributed by atoms with van der Waals surface area (Å²) in [6.45, 7) is -0.583. The van der Waals surface area contributed by atoms with Gasteiger partial charge in [-0.05, 0) is 24.1 Å². The molecule has 0 fully saturated rings. The third-order valence-electron chi connectivity index (χ3n) is 2.63. The largest absolute Gasteiger partial charge is 0.508 e. The van der Waals surface area contributed by atoms with Crippen LogP contribution in [-0.2, 0) is 16.0 Å². The molecule has 0 radical (unpaired) electrons. The number of hydrogen-bond donors (Lipinski definition) is 3. The lowest BCUT2D eigenvalue weighted by Gasteiger charge is -2.22. The van der Waals surface area contributed by atoms with Crippen molar-refractivity contribution in [2.45, 2.75) is 12.5 Å². The smallest absolute Gasteiger partial charge is 0.323 e. The normalized spacial score (nSPS) is 11.4. The molecular formula is C14H16N2O4. The Morgan fingerprint density at radius 2 is 1.95 bits per heavy atom. The SMILES string of the molecule is C#CCN(CC(=O)O)C(=O)C(N)Cc1ccc(O)cc1. The molecule has 0 aromatic heterocycles. The van der Waals surface area contributed by atoms with E-state index in [0.717, 1.165) is 10.5 Å². The number of carbonyl (C=O) groups is 2. The van der Waals surface area contributed by atoms with Gasteiger partial charge < -0.3 is 20.8 Å². The third kappa shape index (κ3) is 4.63. The Morgan fingerprint density at radius 1 is 1.35 bits per heavy atom. The number of amides is 1. The van der Waals surface area contributed by atoms with E-state index < -0.39 is 24.5 Å². The number of nitrogens with zero attached hydrogens (tertiary/aromatic N) is 1. The van der Waals surface area contributed by atoms with E-state index in [1.807, 2.05) is 0 Å². The number of carboxylic acid groups (broad SMARTS) is 1. The second-order valence-electron chi connectivity index (χ2n) is 4.27. The fourth-order valence-corrected chi connectivity index (χ4v) is 1.69. The van der Waals surface area contributed by atoms with Crippen LogP contribution in [0.15, 0.2) is 24.3 Å². The van der Waals surface area contributed by atoms with Crippen molar-refractivity contribution in [3.05, 3.63) is 29.8 Å². The molecule has 6 nitrogen and oxygen atoms in total. The number of benzene rings is 1. The minimum absolute atomic E-state index is 0.103. The molecule has 0 heterocycles. The molecule has 106 valence electrons. The van der Waals surface area contributed by atoms with E-state index in [4.69, 9.17) is 22.4 Å². The standard InChI is InChI=1S/C14H16N2O4/c1-2-7-16(9-13(18)19)14(20)12(15)8-10-3-5-11(17)6-4-10/h1,3-6,12,17H,7-9,15H2,(H,18,19). The summed E-state index contributed by atoms with van der Waals surface area (Å²) >= 11 is 0. The Labute approximate surface area is 116 Å². The van der Waals surface area contributed by atoms with Crippen LogP contribution in [0.25, 0.3) is 0 Å². The molecule has 1 rings (SSSR count). The summed E-state index contributed by atoms with van der Waals surface area (Å²) < 4.78 is 0. The zero-order valence-corrected chi connectivity index (χ0v) is 10.8. The maximum atomic E-state index is 12.0. The number of rotatable bonds is 6. The summed E-state index contributed by atoms with van der Waals surface area (Å²) in [4.78, 5) is 23.7. The highest BCUT2D eigenvalue weighted by molar-refractivity contribution is 5.85. The highest BCUT2D eigenvalue weighted by atomic mass is 16.4. The van der Waals surface area contributed by atoms with Crippen molar-refractivity contribution in [2.24, 2.45) is 5.73 Å². The van der Waals surface area contributed by atoms with Gasteiger partial charge in [-0.2, -0.15) is 0 Å². The predicted octanol–water partition coefficient (Wildman–Crippen LogP) is -0.192. The molecule has 0 spiro atoms. The van der Waals surface area contributed by atoms with Gasteiger partial charge in [-0.25, -0.2) is 0 Å². The van der Waals surface area contributed by atoms with E-state index in [2.05, 4.69) is 5.92 Å². The fraction of sp³-hybridized carbons (Fsp3) is 0.286. The lowest BCUT2D eigenvalue weighted by molar-refractivity contribution is -0.144. The van der Waals surface area contributed by atoms with Crippen molar-refractivity contribution in [1.82, 2.24) is 4.90 Å². The van der Waals surface area contributed by atoms with Gasteiger partial charge in [0.05, 0.1) is 12.6 Å². The second-order valence-corrected chi connectivity index (χ2v) is 4.27. The molecule has 1 aromatic carbocycles. The highest BCUT2D eigenvalue weighted by Gasteiger charge is 2.22. The first kappa shape index (κ1) is 15.5. The van der Waals surface area contributed by atoms with Gasteiger partial charge in [0.25, 0.3) is 0 Å². The Kier molecular flexibility index (Phi) is 5.56. The van der Waals surface area contributed by atoms with E-state index in [0.29, 0.717) is 0 Å². The molecule has 0 aliphatic rings. The first-order valence-corrected chi connectivity index (χ1v) is 5.91. The van der Waals surface area contributed by atoms with Gasteiger partial charge in [0.15, 0.2) is 0 Å². The molecule has 1 amide bonds. The number of carboxylic acids is 1. The van der Waals surface area contributed by atoms with Crippen molar-refractivity contribution >= 4 is 11.9 Å². The maximum Gasteiger partial charge on any atom is 0.323 e. The zero-order valence-electron chi connectivity index (χ0n) is 10.8. The lowest BCUT2D eigenvalue weighted by atomic mass is 10.1. The van der Waals surface area contributed by atoms with Crippen LogP contribution in [0.3, 0.4) is 0 Å². The third-order valence-corrected chi connectivity index (χ3v) is 2.63. The molecular weight excluding hydrogens is 260 g/mol. The fourth-order valence-electron chi connectivity index (χ4n) is 1.69. The Hall–Kier alpha value is -2.52. The number of carbonyl (C=O) groups excluding carboxylic acids is 1. The molecule has 0 saturated heterocycles. The van der Waals surface area contributed by atoms with Crippen LogP contribution in [-0.4, -0.2) is 46.1 Å². The van der Waals surface area contributed by atoms with Crippen LogP contribution in [0, 0.1) is 12.3 Å². The van der Waals surface area contributed by atoms with Crippen LogP contribution >= 0.6 is 0 Å². The van der Waals surface area contributed by atoms with Gasteiger partial charge in [-0.3, -0.25) is 9.59 Å². The van der Waals surface area contributed by atoms with Crippen molar-refractivity contribution in [3.8, 4) is 18.1 Å². The molecule has 4 N–H and O–H groups in total. The van der Waals surface area contributed by atoms with Gasteiger partial charge in [0.2, 0.25) is 5.91 Å². The number of phenols is 1. The lowest BCUT2D eigenvalue weighted by Crippen LogP contribution is -2.47. The second kappa shape index (κ2) is 7.16. The molecule has 20 heavy (non-hydrogen) atoms. The van der Waals surface area contributed by atoms with Crippen LogP contribution < -0.4 is 5.73 Å². The van der Waals surface area contributed by atoms with E-state index >= 15 is 0 Å². The van der Waals surface area contributed by atoms with Gasteiger partial charge in [-0.1, -0.05) is 18.1 Å². The highest BCUT2D eigenvalue weighted by Crippen LogP contribution is 2.11. The van der Waals surface area contributed by atoms with Crippen LogP contribution in [0.5, 0.6) is 5.75 Å². The molecule has 0 bridgehead atoms. The Bertz CT molecular complexity index is 519. The summed E-state index contributed by atoms with van der Waals surface area (Å²) in [5.74, 6) is 0.689. The average Bonchev–Trinajstić information content (AvgIpc) is 2.39. The van der Waals surface area contributed by atoms with E-state index in [1.165, 1.54) is 12.1 Å². The van der Waals surface area contributed by atoms with Crippen molar-refractivity contribution in [2.75, 3.05) is 13.1 Å². The van der Waals surface area contributed by atoms with Gasteiger partial charge in [0.1, 0.15) is 12.3 Å². The minimum Gasteiger partial charge on any atom is -0.508 e. The van der Waals surface area contributed by atoms with Crippen molar-refractivity contribution in [3.63, 3.8) is 0 Å². The van der Waals surface area contributed by atoms with Crippen LogP contribution in [0.4, 0.5) is 0 Å². The number of aromatic hydroxyl groups is 1. The molecule has 0 aliphatic heterocycles. The van der Waals surface area contributed by atoms with Crippen molar-refractivity contribution < 1.29 is 19.8 Å². The summed E-state index contributed by atoms with van der Waals surface area (Å²) in [6, 6.07) is 5.38. The van der Waals surface area contributed by atoms with E-state index in [-0.39, 0.29) is 18.7 Å². The van der Waals surface area contributed by atoms with Crippen molar-refractivity contribution in [1.29, 1.82) is 0 Å². The van der Waals surface area contributed by atoms with E-state index in [1.54, 1.807) is 12.1 Å². The predicted molar refractivity (Wildman–Crippen MR) is 72.8 cm³/mol. The molecule has 6 heteroatoms. The Morgan fingerprint density at radius 3 is 2.45 bits per heavy atom. The van der Waals surface area contributed by atoms with Gasteiger partial charge in [-0.15, -0.1) is 6.42 Å². The number of terminal acetylenes is 1. The number of phenolic OH excluding ortho intramolecular Hbond substituents is 1. The summed E-state index contributed by atoms with van der Waals surface area (Å²) in [6.07, 6.45) is 5.34. The summed E-state index contributed by atoms with van der Waals surface area (Å²) in [7, 11) is 0. The first-order valence-electron chi connectivity index (χ1n) is 5.91. The minimum atomic E-state index is -1.15. The topological polar surface area (TPSA) is 104 Å². The first-order chi connectivity index (χ1) is 9.43. The van der Waals surface area contributed by atoms with Crippen LogP contribution in [0.1, 0.15) is 5.56 Å². The summed E-state index contributed by atoms with van der Waals surface area (Å²) in [5.41, 5.74) is 6.54. The van der Waals surface area contributed by atoms with E-state index in [9.17, 15) is 9.59 Å². The molecule has 0 aliphatic carbocycles. The quantitative estimate of drug-likeness (QED) is 0.625. The maximum absolute atomic E-state index is 12.0. The average molecular weight is 276 g/mol. The van der Waals surface area contributed by atoms with Gasteiger partial charge >= 0.3 is 5.97 Å². The monoisotopic (exact) mass is 276 g/mol. The number of aliphatic carboxylic acids is 1. The Balaban J connectivity index is 2.71. The van der Waals surface area contributed by atoms with Gasteiger partial charge in [0, 0.05) is 0 Å². The van der Waals surface area contributed by atoms with Crippen LogP contribution in [0.2, 0.25) is 0 Å². The molecule has 0 saturated carbocycles. The molecule has 1 atom stereocenters. The zero-order chi connectivity index (χ0) is 15.1. The number of nitrogens with two attached hydrogens (primary N) is 1.